The first-order chi connectivity index (χ1) is 7.07. The Balaban J connectivity index is 0.000000288. The van der Waals surface area contributed by atoms with Crippen LogP contribution in [0.5, 0.6) is 0 Å². The minimum absolute atomic E-state index is 0.278. The first kappa shape index (κ1) is 13.4. The van der Waals surface area contributed by atoms with Crippen molar-refractivity contribution >= 4 is 18.5 Å². The maximum absolute atomic E-state index is 9.75. The van der Waals surface area contributed by atoms with Gasteiger partial charge in [-0.1, -0.05) is 36.4 Å². The predicted molar refractivity (Wildman–Crippen MR) is 60.3 cm³/mol. The summed E-state index contributed by atoms with van der Waals surface area (Å²) in [5, 5.41) is 17.2. The molecule has 80 valence electrons. The molecule has 1 amide bonds. The zero-order valence-corrected chi connectivity index (χ0v) is 8.34. The van der Waals surface area contributed by atoms with Crippen LogP contribution in [0.1, 0.15) is 6.42 Å². The van der Waals surface area contributed by atoms with Gasteiger partial charge in [0, 0.05) is 6.42 Å². The molecule has 1 rings (SSSR count). The van der Waals surface area contributed by atoms with E-state index in [-0.39, 0.29) is 12.3 Å². The van der Waals surface area contributed by atoms with Crippen LogP contribution in [0.3, 0.4) is 0 Å². The van der Waals surface area contributed by atoms with E-state index in [0.717, 1.165) is 0 Å². The maximum atomic E-state index is 9.75. The first-order valence-electron chi connectivity index (χ1n) is 4.38. The van der Waals surface area contributed by atoms with Crippen molar-refractivity contribution in [3.63, 3.8) is 0 Å². The third kappa shape index (κ3) is 7.48. The summed E-state index contributed by atoms with van der Waals surface area (Å²) in [5.41, 5.74) is 5.22. The van der Waals surface area contributed by atoms with Gasteiger partial charge < -0.3 is 15.8 Å². The lowest BCUT2D eigenvalue weighted by Gasteiger charge is -1.94. The van der Waals surface area contributed by atoms with E-state index in [1.54, 1.807) is 24.3 Å². The van der Waals surface area contributed by atoms with Gasteiger partial charge in [0.2, 0.25) is 5.91 Å². The molecule has 0 unspecified atom stereocenters. The highest BCUT2D eigenvalue weighted by Crippen LogP contribution is 1.82. The molecular weight excluding hydrogens is 193 g/mol. The molecule has 1 aromatic carbocycles. The molecule has 15 heavy (non-hydrogen) atoms. The minimum Gasteiger partial charge on any atom is -0.423 e. The van der Waals surface area contributed by atoms with E-state index in [4.69, 9.17) is 15.8 Å². The van der Waals surface area contributed by atoms with Gasteiger partial charge in [0.25, 0.3) is 0 Å². The van der Waals surface area contributed by atoms with Crippen molar-refractivity contribution < 1.29 is 14.8 Å². The third-order valence-electron chi connectivity index (χ3n) is 1.44. The molecule has 0 spiro atoms. The standard InChI is InChI=1S/C6H7BO2.C4H7NO/c8-7(9)6-4-2-1-3-5-6;1-2-3-4(5)6/h1-5,8-9H;2H,1,3H2,(H2,5,6). The van der Waals surface area contributed by atoms with Crippen molar-refractivity contribution in [3.8, 4) is 0 Å². The minimum atomic E-state index is -1.34. The third-order valence-corrected chi connectivity index (χ3v) is 1.44. The quantitative estimate of drug-likeness (QED) is 0.457. The number of hydrogen-bond acceptors (Lipinski definition) is 3. The Morgan fingerprint density at radius 2 is 1.93 bits per heavy atom. The van der Waals surface area contributed by atoms with Crippen LogP contribution in [0.4, 0.5) is 0 Å². The molecule has 0 saturated heterocycles. The normalized spacial score (nSPS) is 8.40. The van der Waals surface area contributed by atoms with Gasteiger partial charge in [-0.2, -0.15) is 0 Å². The number of hydrogen-bond donors (Lipinski definition) is 3. The van der Waals surface area contributed by atoms with E-state index < -0.39 is 7.12 Å². The summed E-state index contributed by atoms with van der Waals surface area (Å²) in [6.07, 6.45) is 1.75. The number of primary amides is 1. The van der Waals surface area contributed by atoms with Crippen molar-refractivity contribution in [2.45, 2.75) is 6.42 Å². The van der Waals surface area contributed by atoms with Crippen LogP contribution in [0, 0.1) is 0 Å². The zero-order chi connectivity index (χ0) is 11.7. The van der Waals surface area contributed by atoms with Gasteiger partial charge in [0.05, 0.1) is 0 Å². The monoisotopic (exact) mass is 207 g/mol. The van der Waals surface area contributed by atoms with E-state index in [1.165, 1.54) is 6.08 Å². The fraction of sp³-hybridized carbons (Fsp3) is 0.100. The summed E-state index contributed by atoms with van der Waals surface area (Å²) in [4.78, 5) is 9.75. The van der Waals surface area contributed by atoms with Crippen molar-refractivity contribution in [2.75, 3.05) is 0 Å². The molecule has 4 nitrogen and oxygen atoms in total. The van der Waals surface area contributed by atoms with Crippen molar-refractivity contribution in [2.24, 2.45) is 5.73 Å². The summed E-state index contributed by atoms with van der Waals surface area (Å²) in [7, 11) is -1.34. The van der Waals surface area contributed by atoms with Crippen LogP contribution >= 0.6 is 0 Å². The van der Waals surface area contributed by atoms with E-state index in [1.807, 2.05) is 6.07 Å². The number of nitrogens with two attached hydrogens (primary N) is 1. The average Bonchev–Trinajstić information content (AvgIpc) is 2.20. The van der Waals surface area contributed by atoms with Gasteiger partial charge >= 0.3 is 7.12 Å². The van der Waals surface area contributed by atoms with Gasteiger partial charge in [0.15, 0.2) is 0 Å². The Morgan fingerprint density at radius 1 is 1.40 bits per heavy atom. The largest absolute Gasteiger partial charge is 0.488 e. The van der Waals surface area contributed by atoms with Crippen molar-refractivity contribution in [1.29, 1.82) is 0 Å². The molecule has 0 aliphatic heterocycles. The lowest BCUT2D eigenvalue weighted by molar-refractivity contribution is -0.117. The van der Waals surface area contributed by atoms with Crippen LogP contribution in [0.25, 0.3) is 0 Å². The molecule has 0 atom stereocenters. The number of rotatable bonds is 3. The average molecular weight is 207 g/mol. The number of carbonyl (C=O) groups is 1. The first-order valence-corrected chi connectivity index (χ1v) is 4.38. The summed E-state index contributed by atoms with van der Waals surface area (Å²) in [5.74, 6) is -0.329. The molecule has 0 aliphatic carbocycles. The molecule has 0 heterocycles. The summed E-state index contributed by atoms with van der Waals surface area (Å²) in [6.45, 7) is 3.30. The Hall–Kier alpha value is -1.59. The predicted octanol–water partition coefficient (Wildman–Crippen LogP) is -0.586. The fourth-order valence-electron chi connectivity index (χ4n) is 0.767. The van der Waals surface area contributed by atoms with E-state index in [9.17, 15) is 4.79 Å². The second kappa shape index (κ2) is 7.79. The summed E-state index contributed by atoms with van der Waals surface area (Å²) >= 11 is 0. The van der Waals surface area contributed by atoms with Crippen LogP contribution in [-0.4, -0.2) is 23.1 Å². The summed E-state index contributed by atoms with van der Waals surface area (Å²) < 4.78 is 0. The highest BCUT2D eigenvalue weighted by molar-refractivity contribution is 6.58. The number of benzene rings is 1. The van der Waals surface area contributed by atoms with E-state index >= 15 is 0 Å². The molecule has 4 N–H and O–H groups in total. The SMILES string of the molecule is C=CCC(N)=O.OB(O)c1ccccc1. The molecule has 1 aromatic rings. The molecule has 0 aromatic heterocycles. The van der Waals surface area contributed by atoms with Gasteiger partial charge in [-0.3, -0.25) is 4.79 Å². The van der Waals surface area contributed by atoms with Gasteiger partial charge in [0.1, 0.15) is 0 Å². The highest BCUT2D eigenvalue weighted by Gasteiger charge is 2.07. The lowest BCUT2D eigenvalue weighted by atomic mass is 9.81. The Kier molecular flexibility index (Phi) is 6.96. The van der Waals surface area contributed by atoms with Gasteiger partial charge in [-0.25, -0.2) is 0 Å². The van der Waals surface area contributed by atoms with Crippen LogP contribution in [-0.2, 0) is 4.79 Å². The van der Waals surface area contributed by atoms with Crippen LogP contribution < -0.4 is 11.2 Å². The topological polar surface area (TPSA) is 83.6 Å². The molecule has 0 aliphatic rings. The molecule has 0 fully saturated rings. The second-order valence-electron chi connectivity index (χ2n) is 2.74. The van der Waals surface area contributed by atoms with Crippen LogP contribution in [0.2, 0.25) is 0 Å². The van der Waals surface area contributed by atoms with Gasteiger partial charge in [-0.05, 0) is 5.46 Å². The zero-order valence-electron chi connectivity index (χ0n) is 8.34. The fourth-order valence-corrected chi connectivity index (χ4v) is 0.767. The number of amides is 1. The van der Waals surface area contributed by atoms with Gasteiger partial charge in [-0.15, -0.1) is 6.58 Å². The molecule has 0 radical (unpaired) electrons. The lowest BCUT2D eigenvalue weighted by Crippen LogP contribution is -2.29. The Labute approximate surface area is 89.2 Å². The summed E-state index contributed by atoms with van der Waals surface area (Å²) in [6, 6.07) is 8.66. The second-order valence-corrected chi connectivity index (χ2v) is 2.74. The molecule has 0 saturated carbocycles. The van der Waals surface area contributed by atoms with E-state index in [2.05, 4.69) is 6.58 Å². The van der Waals surface area contributed by atoms with Crippen molar-refractivity contribution in [1.82, 2.24) is 0 Å². The molecule has 0 bridgehead atoms. The molecule has 5 heteroatoms. The van der Waals surface area contributed by atoms with Crippen molar-refractivity contribution in [3.05, 3.63) is 43.0 Å². The van der Waals surface area contributed by atoms with E-state index in [0.29, 0.717) is 5.46 Å². The Morgan fingerprint density at radius 3 is 2.13 bits per heavy atom. The highest BCUT2D eigenvalue weighted by atomic mass is 16.4. The smallest absolute Gasteiger partial charge is 0.423 e. The number of carbonyl (C=O) groups excluding carboxylic acids is 1. The van der Waals surface area contributed by atoms with Crippen LogP contribution in [0.15, 0.2) is 43.0 Å². The Bertz CT molecular complexity index is 301. The molecular formula is C10H14BNO3. The maximum Gasteiger partial charge on any atom is 0.488 e.